The highest BCUT2D eigenvalue weighted by Crippen LogP contribution is 2.00. The standard InChI is InChI=1S/C10H14N2OS/c1-3-7(2)12-9(13)8-5-4-6-11-10(8)14/h4-7H,3H2,1-2H3,(H,11,14)(H,12,13). The highest BCUT2D eigenvalue weighted by molar-refractivity contribution is 7.71. The second-order valence-electron chi connectivity index (χ2n) is 3.20. The van der Waals surface area contributed by atoms with E-state index in [-0.39, 0.29) is 11.9 Å². The van der Waals surface area contributed by atoms with Crippen LogP contribution in [0.15, 0.2) is 18.3 Å². The predicted octanol–water partition coefficient (Wildman–Crippen LogP) is 2.27. The molecule has 0 bridgehead atoms. The van der Waals surface area contributed by atoms with Crippen molar-refractivity contribution in [2.75, 3.05) is 0 Å². The third kappa shape index (κ3) is 2.67. The smallest absolute Gasteiger partial charge is 0.254 e. The Kier molecular flexibility index (Phi) is 3.83. The third-order valence-electron chi connectivity index (χ3n) is 2.05. The summed E-state index contributed by atoms with van der Waals surface area (Å²) in [5, 5.41) is 2.86. The molecule has 76 valence electrons. The van der Waals surface area contributed by atoms with E-state index in [0.717, 1.165) is 6.42 Å². The molecular weight excluding hydrogens is 196 g/mol. The molecule has 1 atom stereocenters. The van der Waals surface area contributed by atoms with E-state index in [1.807, 2.05) is 13.8 Å². The molecule has 0 saturated carbocycles. The first-order valence-electron chi connectivity index (χ1n) is 4.63. The number of aromatic amines is 1. The summed E-state index contributed by atoms with van der Waals surface area (Å²) in [6, 6.07) is 3.66. The van der Waals surface area contributed by atoms with E-state index in [2.05, 4.69) is 10.3 Å². The third-order valence-corrected chi connectivity index (χ3v) is 2.39. The van der Waals surface area contributed by atoms with Gasteiger partial charge in [-0.2, -0.15) is 0 Å². The second-order valence-corrected chi connectivity index (χ2v) is 3.60. The van der Waals surface area contributed by atoms with E-state index < -0.39 is 0 Å². The lowest BCUT2D eigenvalue weighted by Crippen LogP contribution is -2.32. The van der Waals surface area contributed by atoms with Gasteiger partial charge >= 0.3 is 0 Å². The molecule has 0 spiro atoms. The lowest BCUT2D eigenvalue weighted by atomic mass is 10.2. The summed E-state index contributed by atoms with van der Waals surface area (Å²) in [7, 11) is 0. The molecule has 14 heavy (non-hydrogen) atoms. The lowest BCUT2D eigenvalue weighted by molar-refractivity contribution is 0.0938. The van der Waals surface area contributed by atoms with Crippen molar-refractivity contribution in [3.05, 3.63) is 28.5 Å². The van der Waals surface area contributed by atoms with Crippen LogP contribution in [-0.2, 0) is 0 Å². The van der Waals surface area contributed by atoms with Crippen LogP contribution in [0.25, 0.3) is 0 Å². The van der Waals surface area contributed by atoms with Crippen molar-refractivity contribution in [1.29, 1.82) is 0 Å². The molecule has 0 aliphatic rings. The van der Waals surface area contributed by atoms with Gasteiger partial charge in [0.05, 0.1) is 5.56 Å². The van der Waals surface area contributed by atoms with E-state index in [0.29, 0.717) is 10.2 Å². The summed E-state index contributed by atoms with van der Waals surface area (Å²) in [5.74, 6) is -0.110. The Hall–Kier alpha value is -1.16. The molecule has 4 heteroatoms. The summed E-state index contributed by atoms with van der Waals surface area (Å²) in [4.78, 5) is 14.5. The van der Waals surface area contributed by atoms with Crippen LogP contribution in [0.4, 0.5) is 0 Å². The fourth-order valence-corrected chi connectivity index (χ4v) is 1.23. The maximum atomic E-state index is 11.6. The molecule has 0 fully saturated rings. The number of nitrogens with one attached hydrogen (secondary N) is 2. The predicted molar refractivity (Wildman–Crippen MR) is 58.8 cm³/mol. The zero-order valence-electron chi connectivity index (χ0n) is 8.33. The van der Waals surface area contributed by atoms with E-state index in [1.54, 1.807) is 18.3 Å². The minimum absolute atomic E-state index is 0.110. The monoisotopic (exact) mass is 210 g/mol. The van der Waals surface area contributed by atoms with Crippen molar-refractivity contribution < 1.29 is 4.79 Å². The topological polar surface area (TPSA) is 44.9 Å². The van der Waals surface area contributed by atoms with Gasteiger partial charge in [-0.15, -0.1) is 0 Å². The molecule has 0 aromatic carbocycles. The average molecular weight is 210 g/mol. The number of carbonyl (C=O) groups excluding carboxylic acids is 1. The molecule has 1 unspecified atom stereocenters. The second kappa shape index (κ2) is 4.91. The van der Waals surface area contributed by atoms with Crippen LogP contribution >= 0.6 is 12.2 Å². The van der Waals surface area contributed by atoms with Gasteiger partial charge in [-0.3, -0.25) is 4.79 Å². The maximum Gasteiger partial charge on any atom is 0.254 e. The first kappa shape index (κ1) is 10.9. The number of aromatic nitrogens is 1. The highest BCUT2D eigenvalue weighted by Gasteiger charge is 2.09. The number of hydrogen-bond acceptors (Lipinski definition) is 2. The molecule has 3 nitrogen and oxygen atoms in total. The molecule has 1 rings (SSSR count). The van der Waals surface area contributed by atoms with E-state index in [4.69, 9.17) is 12.2 Å². The highest BCUT2D eigenvalue weighted by atomic mass is 32.1. The van der Waals surface area contributed by atoms with Crippen molar-refractivity contribution in [3.63, 3.8) is 0 Å². The summed E-state index contributed by atoms with van der Waals surface area (Å²) >= 11 is 5.00. The van der Waals surface area contributed by atoms with Crippen LogP contribution in [0.5, 0.6) is 0 Å². The SMILES string of the molecule is CCC(C)NC(=O)c1ccc[nH]c1=S. The van der Waals surface area contributed by atoms with Crippen LogP contribution in [0.1, 0.15) is 30.6 Å². The van der Waals surface area contributed by atoms with E-state index in [9.17, 15) is 4.79 Å². The van der Waals surface area contributed by atoms with Gasteiger partial charge in [-0.1, -0.05) is 19.1 Å². The zero-order chi connectivity index (χ0) is 10.6. The molecule has 0 aliphatic carbocycles. The van der Waals surface area contributed by atoms with Crippen LogP contribution in [0.2, 0.25) is 0 Å². The van der Waals surface area contributed by atoms with Crippen molar-refractivity contribution in [3.8, 4) is 0 Å². The summed E-state index contributed by atoms with van der Waals surface area (Å²) in [6.45, 7) is 3.99. The molecule has 2 N–H and O–H groups in total. The summed E-state index contributed by atoms with van der Waals surface area (Å²) < 4.78 is 0.480. The van der Waals surface area contributed by atoms with Crippen molar-refractivity contribution in [2.24, 2.45) is 0 Å². The number of rotatable bonds is 3. The number of H-pyrrole nitrogens is 1. The normalized spacial score (nSPS) is 12.1. The number of pyridine rings is 1. The average Bonchev–Trinajstić information content (AvgIpc) is 2.18. The van der Waals surface area contributed by atoms with Gasteiger partial charge in [-0.05, 0) is 25.5 Å². The molecule has 1 aromatic heterocycles. The van der Waals surface area contributed by atoms with Crippen molar-refractivity contribution in [2.45, 2.75) is 26.3 Å². The van der Waals surface area contributed by atoms with Gasteiger partial charge in [0.25, 0.3) is 5.91 Å². The Balaban J connectivity index is 2.80. The molecular formula is C10H14N2OS. The van der Waals surface area contributed by atoms with Crippen LogP contribution in [-0.4, -0.2) is 16.9 Å². The summed E-state index contributed by atoms with van der Waals surface area (Å²) in [6.07, 6.45) is 2.62. The van der Waals surface area contributed by atoms with Crippen LogP contribution in [0, 0.1) is 4.64 Å². The van der Waals surface area contributed by atoms with Gasteiger partial charge in [-0.25, -0.2) is 0 Å². The lowest BCUT2D eigenvalue weighted by Gasteiger charge is -2.10. The number of amides is 1. The molecule has 1 heterocycles. The number of hydrogen-bond donors (Lipinski definition) is 2. The molecule has 0 radical (unpaired) electrons. The largest absolute Gasteiger partial charge is 0.352 e. The molecule has 1 amide bonds. The first-order chi connectivity index (χ1) is 6.65. The van der Waals surface area contributed by atoms with Crippen LogP contribution < -0.4 is 5.32 Å². The van der Waals surface area contributed by atoms with Gasteiger partial charge in [0.1, 0.15) is 4.64 Å². The van der Waals surface area contributed by atoms with Crippen LogP contribution in [0.3, 0.4) is 0 Å². The van der Waals surface area contributed by atoms with Gasteiger partial charge in [0.2, 0.25) is 0 Å². The van der Waals surface area contributed by atoms with E-state index >= 15 is 0 Å². The fraction of sp³-hybridized carbons (Fsp3) is 0.400. The molecule has 1 aromatic rings. The Labute approximate surface area is 88.5 Å². The maximum absolute atomic E-state index is 11.6. The first-order valence-corrected chi connectivity index (χ1v) is 5.04. The Bertz CT molecular complexity index is 372. The van der Waals surface area contributed by atoms with E-state index in [1.165, 1.54) is 0 Å². The van der Waals surface area contributed by atoms with Crippen molar-refractivity contribution in [1.82, 2.24) is 10.3 Å². The van der Waals surface area contributed by atoms with Gasteiger partial charge in [0, 0.05) is 12.2 Å². The molecule has 0 saturated heterocycles. The van der Waals surface area contributed by atoms with Crippen molar-refractivity contribution >= 4 is 18.1 Å². The zero-order valence-corrected chi connectivity index (χ0v) is 9.15. The number of carbonyl (C=O) groups is 1. The summed E-state index contributed by atoms with van der Waals surface area (Å²) in [5.41, 5.74) is 0.530. The molecule has 0 aliphatic heterocycles. The minimum atomic E-state index is -0.110. The fourth-order valence-electron chi connectivity index (χ4n) is 1.00. The van der Waals surface area contributed by atoms with Gasteiger partial charge < -0.3 is 10.3 Å². The quantitative estimate of drug-likeness (QED) is 0.752. The Morgan fingerprint density at radius 3 is 3.00 bits per heavy atom. The minimum Gasteiger partial charge on any atom is -0.352 e. The Morgan fingerprint density at radius 2 is 2.43 bits per heavy atom. The van der Waals surface area contributed by atoms with Gasteiger partial charge in [0.15, 0.2) is 0 Å². The Morgan fingerprint density at radius 1 is 1.71 bits per heavy atom.